The van der Waals surface area contributed by atoms with Gasteiger partial charge in [-0.1, -0.05) is 11.3 Å². The van der Waals surface area contributed by atoms with Crippen LogP contribution in [0.1, 0.15) is 12.8 Å². The van der Waals surface area contributed by atoms with E-state index < -0.39 is 26.9 Å². The number of hydrogen-bond acceptors (Lipinski definition) is 7. The molecule has 4 rings (SSSR count). The predicted octanol–water partition coefficient (Wildman–Crippen LogP) is 2.44. The van der Waals surface area contributed by atoms with Crippen molar-refractivity contribution in [2.75, 3.05) is 13.7 Å². The molecule has 0 aliphatic carbocycles. The lowest BCUT2D eigenvalue weighted by molar-refractivity contribution is -0.384. The summed E-state index contributed by atoms with van der Waals surface area (Å²) >= 11 is 1.14. The third-order valence-electron chi connectivity index (χ3n) is 5.36. The smallest absolute Gasteiger partial charge is 0.270 e. The van der Waals surface area contributed by atoms with Gasteiger partial charge in [0, 0.05) is 25.7 Å². The van der Waals surface area contributed by atoms with Crippen LogP contribution in [0.15, 0.2) is 52.4 Å². The number of rotatable bonds is 5. The Morgan fingerprint density at radius 1 is 1.25 bits per heavy atom. The molecule has 3 aromatic rings. The van der Waals surface area contributed by atoms with E-state index >= 15 is 0 Å². The Morgan fingerprint density at radius 3 is 2.62 bits per heavy atom. The van der Waals surface area contributed by atoms with Crippen LogP contribution in [0.4, 0.5) is 5.69 Å². The number of thiazole rings is 1. The van der Waals surface area contributed by atoms with Crippen molar-refractivity contribution in [2.24, 2.45) is 12.0 Å². The number of nitro benzene ring substituents is 1. The van der Waals surface area contributed by atoms with Crippen molar-refractivity contribution in [2.45, 2.75) is 23.8 Å². The minimum atomic E-state index is -3.88. The van der Waals surface area contributed by atoms with Gasteiger partial charge in [0.2, 0.25) is 10.0 Å². The molecule has 0 bridgehead atoms. The molecule has 32 heavy (non-hydrogen) atoms. The van der Waals surface area contributed by atoms with Crippen molar-refractivity contribution in [3.05, 3.63) is 57.4 Å². The molecule has 0 spiro atoms. The molecule has 1 atom stereocenters. The fourth-order valence-corrected chi connectivity index (χ4v) is 6.38. The van der Waals surface area contributed by atoms with E-state index in [1.807, 2.05) is 0 Å². The lowest BCUT2D eigenvalue weighted by atomic mass is 10.2. The predicted molar refractivity (Wildman–Crippen MR) is 118 cm³/mol. The quantitative estimate of drug-likeness (QED) is 0.411. The molecule has 0 saturated carbocycles. The number of benzene rings is 2. The third kappa shape index (κ3) is 3.92. The number of hydrogen-bond donors (Lipinski definition) is 0. The number of methoxy groups -OCH3 is 1. The summed E-state index contributed by atoms with van der Waals surface area (Å²) in [5, 5.41) is 11.0. The zero-order valence-corrected chi connectivity index (χ0v) is 18.9. The summed E-state index contributed by atoms with van der Waals surface area (Å²) in [6.07, 6.45) is 0.920. The largest absolute Gasteiger partial charge is 0.497 e. The Kier molecular flexibility index (Phi) is 5.84. The molecule has 1 amide bonds. The number of fused-ring (bicyclic) bond motifs is 1. The number of aromatic nitrogens is 1. The van der Waals surface area contributed by atoms with Crippen LogP contribution in [0.3, 0.4) is 0 Å². The molecule has 1 aliphatic heterocycles. The number of ether oxygens (including phenoxy) is 1. The second-order valence-corrected chi connectivity index (χ2v) is 10.2. The zero-order chi connectivity index (χ0) is 23.0. The Balaban J connectivity index is 1.67. The van der Waals surface area contributed by atoms with Gasteiger partial charge in [-0.15, -0.1) is 0 Å². The fourth-order valence-electron chi connectivity index (χ4n) is 3.67. The van der Waals surface area contributed by atoms with E-state index in [2.05, 4.69) is 4.99 Å². The standard InChI is InChI=1S/C20H20N4O6S2/c1-22-16-10-5-13(24(26)27)12-18(16)31-20(22)21-19(25)17-4-3-11-23(17)32(28,29)15-8-6-14(30-2)7-9-15/h5-10,12,17H,3-4,11H2,1-2H3. The van der Waals surface area contributed by atoms with Gasteiger partial charge in [-0.3, -0.25) is 14.9 Å². The highest BCUT2D eigenvalue weighted by atomic mass is 32.2. The van der Waals surface area contributed by atoms with E-state index in [0.29, 0.717) is 33.6 Å². The Labute approximate surface area is 187 Å². The van der Waals surface area contributed by atoms with Crippen molar-refractivity contribution < 1.29 is 22.9 Å². The number of nitrogens with zero attached hydrogens (tertiary/aromatic N) is 4. The van der Waals surface area contributed by atoms with Gasteiger partial charge in [-0.05, 0) is 43.2 Å². The highest BCUT2D eigenvalue weighted by Crippen LogP contribution is 2.28. The second-order valence-electron chi connectivity index (χ2n) is 7.25. The van der Waals surface area contributed by atoms with Gasteiger partial charge in [0.25, 0.3) is 11.6 Å². The first kappa shape index (κ1) is 22.1. The van der Waals surface area contributed by atoms with Gasteiger partial charge >= 0.3 is 0 Å². The average molecular weight is 477 g/mol. The van der Waals surface area contributed by atoms with E-state index in [0.717, 1.165) is 11.3 Å². The monoisotopic (exact) mass is 476 g/mol. The van der Waals surface area contributed by atoms with Crippen molar-refractivity contribution in [1.29, 1.82) is 0 Å². The number of non-ortho nitro benzene ring substituents is 1. The number of aryl methyl sites for hydroxylation is 1. The Bertz CT molecular complexity index is 1380. The molecular weight excluding hydrogens is 456 g/mol. The van der Waals surface area contributed by atoms with E-state index in [9.17, 15) is 23.3 Å². The summed E-state index contributed by atoms with van der Waals surface area (Å²) in [4.78, 5) is 28.2. The summed E-state index contributed by atoms with van der Waals surface area (Å²) in [6.45, 7) is 0.227. The van der Waals surface area contributed by atoms with Crippen LogP contribution in [0.5, 0.6) is 5.75 Å². The topological polar surface area (TPSA) is 124 Å². The zero-order valence-electron chi connectivity index (χ0n) is 17.3. The van der Waals surface area contributed by atoms with Crippen LogP contribution in [0.2, 0.25) is 0 Å². The number of carbonyl (C=O) groups is 1. The summed E-state index contributed by atoms with van der Waals surface area (Å²) in [5.74, 6) is -0.0262. The van der Waals surface area contributed by atoms with Crippen LogP contribution in [0, 0.1) is 10.1 Å². The SMILES string of the molecule is COc1ccc(S(=O)(=O)N2CCCC2C(=O)N=c2sc3cc([N+](=O)[O-])ccc3n2C)cc1. The molecule has 168 valence electrons. The lowest BCUT2D eigenvalue weighted by Crippen LogP contribution is -2.40. The molecule has 1 unspecified atom stereocenters. The number of nitro groups is 1. The van der Waals surface area contributed by atoms with E-state index in [-0.39, 0.29) is 17.1 Å². The van der Waals surface area contributed by atoms with Crippen molar-refractivity contribution >= 4 is 43.2 Å². The van der Waals surface area contributed by atoms with Gasteiger partial charge < -0.3 is 9.30 Å². The average Bonchev–Trinajstić information content (AvgIpc) is 3.39. The molecule has 0 N–H and O–H groups in total. The maximum atomic E-state index is 13.1. The minimum absolute atomic E-state index is 0.0511. The first-order valence-corrected chi connectivity index (χ1v) is 12.0. The fraction of sp³-hybridized carbons (Fsp3) is 0.300. The first-order chi connectivity index (χ1) is 15.2. The lowest BCUT2D eigenvalue weighted by Gasteiger charge is -2.21. The Morgan fingerprint density at radius 2 is 1.97 bits per heavy atom. The van der Waals surface area contributed by atoms with Gasteiger partial charge in [-0.25, -0.2) is 8.42 Å². The van der Waals surface area contributed by atoms with Crippen LogP contribution in [-0.4, -0.2) is 47.8 Å². The molecule has 1 aliphatic rings. The van der Waals surface area contributed by atoms with Crippen LogP contribution in [0.25, 0.3) is 10.2 Å². The summed E-state index contributed by atoms with van der Waals surface area (Å²) < 4.78 is 34.8. The minimum Gasteiger partial charge on any atom is -0.497 e. The molecule has 1 saturated heterocycles. The summed E-state index contributed by atoms with van der Waals surface area (Å²) in [7, 11) is -0.683. The molecule has 2 aromatic carbocycles. The van der Waals surface area contributed by atoms with Gasteiger partial charge in [0.15, 0.2) is 4.80 Å². The number of amides is 1. The number of sulfonamides is 1. The van der Waals surface area contributed by atoms with Crippen LogP contribution >= 0.6 is 11.3 Å². The normalized spacial score (nSPS) is 17.7. The van der Waals surface area contributed by atoms with E-state index in [4.69, 9.17) is 4.74 Å². The van der Waals surface area contributed by atoms with Crippen molar-refractivity contribution in [1.82, 2.24) is 8.87 Å². The summed E-state index contributed by atoms with van der Waals surface area (Å²) in [6, 6.07) is 9.53. The van der Waals surface area contributed by atoms with Gasteiger partial charge in [-0.2, -0.15) is 9.30 Å². The van der Waals surface area contributed by atoms with Crippen molar-refractivity contribution in [3.8, 4) is 5.75 Å². The van der Waals surface area contributed by atoms with E-state index in [1.54, 1.807) is 29.8 Å². The molecule has 12 heteroatoms. The molecule has 10 nitrogen and oxygen atoms in total. The van der Waals surface area contributed by atoms with Gasteiger partial charge in [0.1, 0.15) is 11.8 Å². The van der Waals surface area contributed by atoms with Gasteiger partial charge in [0.05, 0.1) is 27.1 Å². The van der Waals surface area contributed by atoms with E-state index in [1.165, 1.54) is 35.7 Å². The maximum Gasteiger partial charge on any atom is 0.270 e. The molecule has 1 aromatic heterocycles. The van der Waals surface area contributed by atoms with Crippen LogP contribution < -0.4 is 9.54 Å². The van der Waals surface area contributed by atoms with Crippen molar-refractivity contribution in [3.63, 3.8) is 0 Å². The first-order valence-electron chi connectivity index (χ1n) is 9.71. The molecule has 1 fully saturated rings. The van der Waals surface area contributed by atoms with Crippen LogP contribution in [-0.2, 0) is 21.9 Å². The molecular formula is C20H20N4O6S2. The highest BCUT2D eigenvalue weighted by Gasteiger charge is 2.39. The highest BCUT2D eigenvalue weighted by molar-refractivity contribution is 7.89. The summed E-state index contributed by atoms with van der Waals surface area (Å²) in [5.41, 5.74) is 0.645. The number of carbonyl (C=O) groups excluding carboxylic acids is 1. The third-order valence-corrected chi connectivity index (χ3v) is 8.38. The maximum absolute atomic E-state index is 13.1. The molecule has 2 heterocycles. The Hall–Kier alpha value is -3.09. The second kappa shape index (κ2) is 8.45. The molecule has 0 radical (unpaired) electrons.